The summed E-state index contributed by atoms with van der Waals surface area (Å²) in [6, 6.07) is 0. The van der Waals surface area contributed by atoms with Crippen molar-refractivity contribution in [3.05, 3.63) is 0 Å². The van der Waals surface area contributed by atoms with E-state index in [9.17, 15) is 0 Å². The first kappa shape index (κ1) is 18.4. The number of rotatable bonds is 2. The Morgan fingerprint density at radius 2 is 1.06 bits per heavy atom. The maximum absolute atomic E-state index is 2.34. The normalized spacial score (nSPS) is 14.4. The second-order valence-corrected chi connectivity index (χ2v) is 7.58. The second-order valence-electron chi connectivity index (χ2n) is 7.58. The first-order valence-corrected chi connectivity index (χ1v) is 6.92. The molecular weight excluding hydrogens is 192 g/mol. The van der Waals surface area contributed by atoms with Crippen LogP contribution in [0.25, 0.3) is 0 Å². The molecule has 0 heteroatoms. The zero-order valence-corrected chi connectivity index (χ0v) is 13.6. The van der Waals surface area contributed by atoms with Crippen molar-refractivity contribution >= 4 is 0 Å². The van der Waals surface area contributed by atoms with E-state index in [0.29, 0.717) is 10.8 Å². The topological polar surface area (TPSA) is 0 Å². The minimum absolute atomic E-state index is 0.500. The molecule has 100 valence electrons. The monoisotopic (exact) mass is 228 g/mol. The van der Waals surface area contributed by atoms with Crippen molar-refractivity contribution in [2.45, 2.75) is 82.1 Å². The van der Waals surface area contributed by atoms with Crippen molar-refractivity contribution in [3.8, 4) is 0 Å². The van der Waals surface area contributed by atoms with Crippen LogP contribution in [0.15, 0.2) is 0 Å². The Kier molecular flexibility index (Phi) is 8.44. The average Bonchev–Trinajstić information content (AvgIpc) is 2.02. The Hall–Kier alpha value is 0. The summed E-state index contributed by atoms with van der Waals surface area (Å²) in [5.74, 6) is 1.66. The van der Waals surface area contributed by atoms with E-state index in [1.165, 1.54) is 12.8 Å². The number of hydrogen-bond donors (Lipinski definition) is 0. The van der Waals surface area contributed by atoms with Crippen molar-refractivity contribution in [1.82, 2.24) is 0 Å². The van der Waals surface area contributed by atoms with Gasteiger partial charge in [-0.3, -0.25) is 0 Å². The van der Waals surface area contributed by atoms with Crippen LogP contribution in [-0.2, 0) is 0 Å². The molecule has 1 atom stereocenters. The van der Waals surface area contributed by atoms with Crippen LogP contribution in [0.1, 0.15) is 82.1 Å². The second kappa shape index (κ2) is 7.35. The first-order chi connectivity index (χ1) is 6.92. The van der Waals surface area contributed by atoms with Crippen molar-refractivity contribution in [3.63, 3.8) is 0 Å². The van der Waals surface area contributed by atoms with Gasteiger partial charge >= 0.3 is 0 Å². The van der Waals surface area contributed by atoms with E-state index in [0.717, 1.165) is 11.8 Å². The fourth-order valence-electron chi connectivity index (χ4n) is 0.866. The largest absolute Gasteiger partial charge is 0.0654 e. The highest BCUT2D eigenvalue weighted by molar-refractivity contribution is 4.68. The fraction of sp³-hybridized carbons (Fsp3) is 1.00. The lowest BCUT2D eigenvalue weighted by atomic mass is 9.80. The fourth-order valence-corrected chi connectivity index (χ4v) is 0.866. The molecule has 0 radical (unpaired) electrons. The lowest BCUT2D eigenvalue weighted by Gasteiger charge is -2.26. The van der Waals surface area contributed by atoms with Crippen molar-refractivity contribution in [2.75, 3.05) is 0 Å². The van der Waals surface area contributed by atoms with E-state index in [4.69, 9.17) is 0 Å². The molecule has 0 aromatic heterocycles. The molecule has 0 N–H and O–H groups in total. The zero-order chi connectivity index (χ0) is 13.6. The van der Waals surface area contributed by atoms with Gasteiger partial charge in [0.1, 0.15) is 0 Å². The molecule has 0 saturated carbocycles. The lowest BCUT2D eigenvalue weighted by Crippen LogP contribution is -2.16. The first-order valence-electron chi connectivity index (χ1n) is 6.92. The van der Waals surface area contributed by atoms with Crippen LogP contribution in [0.3, 0.4) is 0 Å². The quantitative estimate of drug-likeness (QED) is 0.531. The standard InChI is InChI=1S/C9H20.C7H16/c1-6-7-8(2)9(3,4)5;1-6(2)7(3,4)5/h8H,6-7H2,1-5H3;6H,1-5H3. The van der Waals surface area contributed by atoms with E-state index in [1.807, 2.05) is 0 Å². The van der Waals surface area contributed by atoms with Gasteiger partial charge in [-0.1, -0.05) is 82.1 Å². The molecule has 16 heavy (non-hydrogen) atoms. The Balaban J connectivity index is 0. The zero-order valence-electron chi connectivity index (χ0n) is 13.6. The summed E-state index contributed by atoms with van der Waals surface area (Å²) in [7, 11) is 0. The maximum Gasteiger partial charge on any atom is -0.0357 e. The molecule has 0 nitrogen and oxygen atoms in total. The predicted molar refractivity (Wildman–Crippen MR) is 77.8 cm³/mol. The van der Waals surface area contributed by atoms with Gasteiger partial charge in [0.25, 0.3) is 0 Å². The van der Waals surface area contributed by atoms with Crippen molar-refractivity contribution in [1.29, 1.82) is 0 Å². The molecule has 0 aromatic rings. The van der Waals surface area contributed by atoms with Crippen LogP contribution in [-0.4, -0.2) is 0 Å². The van der Waals surface area contributed by atoms with Gasteiger partial charge in [0.15, 0.2) is 0 Å². The van der Waals surface area contributed by atoms with E-state index >= 15 is 0 Å². The molecule has 0 rings (SSSR count). The minimum Gasteiger partial charge on any atom is -0.0654 e. The minimum atomic E-state index is 0.500. The third-order valence-corrected chi connectivity index (χ3v) is 3.93. The van der Waals surface area contributed by atoms with E-state index < -0.39 is 0 Å². The molecular formula is C16H36. The van der Waals surface area contributed by atoms with Gasteiger partial charge in [-0.2, -0.15) is 0 Å². The molecule has 0 fully saturated rings. The van der Waals surface area contributed by atoms with E-state index in [-0.39, 0.29) is 0 Å². The van der Waals surface area contributed by atoms with Crippen LogP contribution < -0.4 is 0 Å². The van der Waals surface area contributed by atoms with Gasteiger partial charge in [-0.05, 0) is 22.7 Å². The smallest absolute Gasteiger partial charge is 0.0357 e. The third kappa shape index (κ3) is 10.5. The van der Waals surface area contributed by atoms with Gasteiger partial charge in [0.05, 0.1) is 0 Å². The Morgan fingerprint density at radius 1 is 0.750 bits per heavy atom. The molecule has 0 spiro atoms. The highest BCUT2D eigenvalue weighted by Gasteiger charge is 2.18. The molecule has 0 aliphatic heterocycles. The van der Waals surface area contributed by atoms with E-state index in [1.54, 1.807) is 0 Å². The summed E-state index contributed by atoms with van der Waals surface area (Å²) in [4.78, 5) is 0. The Labute approximate surface area is 105 Å². The lowest BCUT2D eigenvalue weighted by molar-refractivity contribution is 0.245. The number of hydrogen-bond acceptors (Lipinski definition) is 0. The third-order valence-electron chi connectivity index (χ3n) is 3.93. The Morgan fingerprint density at radius 3 is 1.12 bits per heavy atom. The van der Waals surface area contributed by atoms with Crippen molar-refractivity contribution < 1.29 is 0 Å². The summed E-state index contributed by atoms with van der Waals surface area (Å²) in [6.45, 7) is 22.8. The summed E-state index contributed by atoms with van der Waals surface area (Å²) in [5.41, 5.74) is 1.01. The van der Waals surface area contributed by atoms with Gasteiger partial charge in [-0.15, -0.1) is 0 Å². The average molecular weight is 228 g/mol. The van der Waals surface area contributed by atoms with Crippen LogP contribution >= 0.6 is 0 Å². The molecule has 0 aromatic carbocycles. The summed E-state index contributed by atoms with van der Waals surface area (Å²) < 4.78 is 0. The van der Waals surface area contributed by atoms with Gasteiger partial charge in [0, 0.05) is 0 Å². The molecule has 0 amide bonds. The van der Waals surface area contributed by atoms with Gasteiger partial charge in [0.2, 0.25) is 0 Å². The molecule has 0 heterocycles. The maximum atomic E-state index is 2.34. The summed E-state index contributed by atoms with van der Waals surface area (Å²) in [6.07, 6.45) is 2.68. The summed E-state index contributed by atoms with van der Waals surface area (Å²) >= 11 is 0. The van der Waals surface area contributed by atoms with Crippen LogP contribution in [0, 0.1) is 22.7 Å². The van der Waals surface area contributed by atoms with Crippen LogP contribution in [0.5, 0.6) is 0 Å². The Bertz CT molecular complexity index is 152. The molecule has 0 bridgehead atoms. The highest BCUT2D eigenvalue weighted by Crippen LogP contribution is 2.28. The molecule has 0 aliphatic carbocycles. The predicted octanol–water partition coefficient (Wildman–Crippen LogP) is 6.16. The molecule has 0 saturated heterocycles. The van der Waals surface area contributed by atoms with Crippen molar-refractivity contribution in [2.24, 2.45) is 22.7 Å². The van der Waals surface area contributed by atoms with Crippen LogP contribution in [0.2, 0.25) is 0 Å². The summed E-state index contributed by atoms with van der Waals surface area (Å²) in [5, 5.41) is 0. The van der Waals surface area contributed by atoms with Gasteiger partial charge < -0.3 is 0 Å². The molecule has 0 aliphatic rings. The molecule has 1 unspecified atom stereocenters. The van der Waals surface area contributed by atoms with E-state index in [2.05, 4.69) is 69.2 Å². The SMILES string of the molecule is CC(C)C(C)(C)C.CCCC(C)C(C)(C)C. The van der Waals surface area contributed by atoms with Gasteiger partial charge in [-0.25, -0.2) is 0 Å². The highest BCUT2D eigenvalue weighted by atomic mass is 14.2. The van der Waals surface area contributed by atoms with Crippen LogP contribution in [0.4, 0.5) is 0 Å².